The Bertz CT molecular complexity index is 1250. The van der Waals surface area contributed by atoms with Crippen molar-refractivity contribution in [3.8, 4) is 5.75 Å². The summed E-state index contributed by atoms with van der Waals surface area (Å²) in [6.07, 6.45) is 3.58. The highest BCUT2D eigenvalue weighted by Crippen LogP contribution is 2.31. The van der Waals surface area contributed by atoms with Crippen LogP contribution in [0.4, 0.5) is 5.69 Å². The molecule has 0 radical (unpaired) electrons. The highest BCUT2D eigenvalue weighted by Gasteiger charge is 2.28. The van der Waals surface area contributed by atoms with E-state index in [4.69, 9.17) is 10.5 Å². The number of ether oxygens (including phenoxy) is 1. The molecule has 2 aliphatic heterocycles. The Labute approximate surface area is 195 Å². The lowest BCUT2D eigenvalue weighted by Gasteiger charge is -2.33. The molecule has 2 aliphatic rings. The monoisotopic (exact) mass is 463 g/mol. The number of nitrogens with two attached hydrogens (primary N) is 1. The number of aromatic nitrogens is 1. The van der Waals surface area contributed by atoms with Crippen molar-refractivity contribution in [1.82, 2.24) is 9.88 Å². The fourth-order valence-electron chi connectivity index (χ4n) is 4.46. The van der Waals surface area contributed by atoms with E-state index in [1.54, 1.807) is 18.3 Å². The zero-order valence-corrected chi connectivity index (χ0v) is 19.1. The normalized spacial score (nSPS) is 20.1. The molecular formula is C24H25N5O3S. The average Bonchev–Trinajstić information content (AvgIpc) is 2.81. The van der Waals surface area contributed by atoms with Crippen molar-refractivity contribution in [1.29, 1.82) is 0 Å². The Morgan fingerprint density at radius 3 is 3.09 bits per heavy atom. The number of aryl methyl sites for hydroxylation is 1. The number of likely N-dealkylation sites (tertiary alicyclic amines) is 1. The highest BCUT2D eigenvalue weighted by molar-refractivity contribution is 7.91. The van der Waals surface area contributed by atoms with Crippen LogP contribution in [0.25, 0.3) is 10.9 Å². The number of rotatable bonds is 4. The molecule has 2 aromatic carbocycles. The second kappa shape index (κ2) is 8.92. The quantitative estimate of drug-likeness (QED) is 0.574. The molecule has 3 heterocycles. The molecule has 2 unspecified atom stereocenters. The van der Waals surface area contributed by atoms with E-state index in [0.29, 0.717) is 35.7 Å². The Hall–Kier alpha value is -3.30. The summed E-state index contributed by atoms with van der Waals surface area (Å²) in [6, 6.07) is 13.2. The highest BCUT2D eigenvalue weighted by atomic mass is 32.2. The molecule has 170 valence electrons. The number of benzene rings is 2. The van der Waals surface area contributed by atoms with E-state index >= 15 is 0 Å². The zero-order valence-electron chi connectivity index (χ0n) is 18.3. The maximum absolute atomic E-state index is 13.4. The van der Waals surface area contributed by atoms with E-state index in [0.717, 1.165) is 35.9 Å². The smallest absolute Gasteiger partial charge is 0.254 e. The van der Waals surface area contributed by atoms with Gasteiger partial charge in [-0.05, 0) is 54.5 Å². The molecule has 9 heteroatoms. The maximum Gasteiger partial charge on any atom is 0.254 e. The second-order valence-corrected chi connectivity index (χ2v) is 9.34. The standard InChI is InChI=1S/C24H25N5O3S/c1-15-7-8-19-18(12-15)17(9-10-26-19)24(30)29-11-3-4-16(13-29)14-32-21-6-2-5-20-22(21)23(25)28-33(31)27-20/h2,5-10,12,16,27H,3-4,11,13-14H2,1H3,(H2,25,28). The predicted octanol–water partition coefficient (Wildman–Crippen LogP) is 3.18. The molecule has 3 aromatic rings. The van der Waals surface area contributed by atoms with Gasteiger partial charge in [0, 0.05) is 30.6 Å². The van der Waals surface area contributed by atoms with Gasteiger partial charge in [0.05, 0.1) is 28.9 Å². The number of nitrogens with one attached hydrogen (secondary N) is 1. The SMILES string of the molecule is Cc1ccc2nccc(C(=O)N3CCCC(COc4cccc5c4C(N)=N[S+]([O-])N5)C3)c2c1. The number of piperidine rings is 1. The van der Waals surface area contributed by atoms with Crippen molar-refractivity contribution in [3.05, 3.63) is 65.4 Å². The van der Waals surface area contributed by atoms with Gasteiger partial charge in [-0.3, -0.25) is 9.78 Å². The summed E-state index contributed by atoms with van der Waals surface area (Å²) in [5, 5.41) is 0.886. The molecule has 0 aliphatic carbocycles. The van der Waals surface area contributed by atoms with Crippen LogP contribution in [0.15, 0.2) is 53.1 Å². The van der Waals surface area contributed by atoms with E-state index < -0.39 is 11.5 Å². The van der Waals surface area contributed by atoms with Crippen molar-refractivity contribution < 1.29 is 14.1 Å². The molecule has 33 heavy (non-hydrogen) atoms. The van der Waals surface area contributed by atoms with Gasteiger partial charge in [-0.15, -0.1) is 0 Å². The van der Waals surface area contributed by atoms with Crippen molar-refractivity contribution in [2.45, 2.75) is 19.8 Å². The van der Waals surface area contributed by atoms with Gasteiger partial charge in [0.2, 0.25) is 11.5 Å². The average molecular weight is 464 g/mol. The predicted molar refractivity (Wildman–Crippen MR) is 130 cm³/mol. The van der Waals surface area contributed by atoms with Crippen LogP contribution in [0.5, 0.6) is 5.75 Å². The first-order chi connectivity index (χ1) is 16.0. The Morgan fingerprint density at radius 2 is 2.21 bits per heavy atom. The summed E-state index contributed by atoms with van der Waals surface area (Å²) < 4.78 is 24.5. The van der Waals surface area contributed by atoms with Crippen molar-refractivity contribution in [3.63, 3.8) is 0 Å². The first-order valence-corrected chi connectivity index (χ1v) is 12.0. The minimum atomic E-state index is -1.58. The molecule has 3 N–H and O–H groups in total. The fraction of sp³-hybridized carbons (Fsp3) is 0.292. The van der Waals surface area contributed by atoms with Gasteiger partial charge >= 0.3 is 0 Å². The lowest BCUT2D eigenvalue weighted by Crippen LogP contribution is -2.41. The third-order valence-electron chi connectivity index (χ3n) is 6.07. The lowest BCUT2D eigenvalue weighted by molar-refractivity contribution is 0.0635. The number of fused-ring (bicyclic) bond motifs is 2. The summed E-state index contributed by atoms with van der Waals surface area (Å²) in [5.74, 6) is 1.00. The molecule has 2 atom stereocenters. The third kappa shape index (κ3) is 4.34. The summed E-state index contributed by atoms with van der Waals surface area (Å²) >= 11 is -1.58. The van der Waals surface area contributed by atoms with Crippen LogP contribution in [0, 0.1) is 12.8 Å². The Balaban J connectivity index is 1.30. The van der Waals surface area contributed by atoms with Crippen LogP contribution in [0.2, 0.25) is 0 Å². The lowest BCUT2D eigenvalue weighted by atomic mass is 9.97. The Kier molecular flexibility index (Phi) is 5.82. The molecule has 5 rings (SSSR count). The van der Waals surface area contributed by atoms with Gasteiger partial charge in [0.1, 0.15) is 5.75 Å². The fourth-order valence-corrected chi connectivity index (χ4v) is 5.14. The van der Waals surface area contributed by atoms with E-state index in [1.165, 1.54) is 0 Å². The minimum Gasteiger partial charge on any atom is -0.566 e. The van der Waals surface area contributed by atoms with Crippen LogP contribution < -0.4 is 15.2 Å². The van der Waals surface area contributed by atoms with Gasteiger partial charge in [-0.2, -0.15) is 4.72 Å². The number of anilines is 1. The molecular weight excluding hydrogens is 438 g/mol. The van der Waals surface area contributed by atoms with Gasteiger partial charge in [0.25, 0.3) is 5.91 Å². The first kappa shape index (κ1) is 21.5. The van der Waals surface area contributed by atoms with Crippen LogP contribution in [-0.4, -0.2) is 45.9 Å². The zero-order chi connectivity index (χ0) is 22.9. The molecule has 0 spiro atoms. The van der Waals surface area contributed by atoms with Gasteiger partial charge in [-0.1, -0.05) is 17.7 Å². The number of carbonyl (C=O) groups excluding carboxylic acids is 1. The van der Waals surface area contributed by atoms with Crippen LogP contribution >= 0.6 is 0 Å². The maximum atomic E-state index is 13.4. The molecule has 0 saturated carbocycles. The summed E-state index contributed by atoms with van der Waals surface area (Å²) in [5.41, 5.74) is 9.88. The first-order valence-electron chi connectivity index (χ1n) is 10.9. The van der Waals surface area contributed by atoms with Gasteiger partial charge in [-0.25, -0.2) is 0 Å². The second-order valence-electron chi connectivity index (χ2n) is 8.46. The molecule has 1 fully saturated rings. The number of carbonyl (C=O) groups is 1. The number of hydrogen-bond donors (Lipinski definition) is 2. The van der Waals surface area contributed by atoms with Crippen LogP contribution in [-0.2, 0) is 11.5 Å². The molecule has 8 nitrogen and oxygen atoms in total. The number of pyridine rings is 1. The number of amidine groups is 1. The van der Waals surface area contributed by atoms with Crippen LogP contribution in [0.3, 0.4) is 0 Å². The Morgan fingerprint density at radius 1 is 1.33 bits per heavy atom. The third-order valence-corrected chi connectivity index (χ3v) is 6.83. The number of amides is 1. The minimum absolute atomic E-state index is 0.0258. The number of nitrogens with zero attached hydrogens (tertiary/aromatic N) is 3. The van der Waals surface area contributed by atoms with Crippen LogP contribution in [0.1, 0.15) is 34.3 Å². The van der Waals surface area contributed by atoms with Crippen molar-refractivity contribution >= 4 is 39.9 Å². The molecule has 0 bridgehead atoms. The summed E-state index contributed by atoms with van der Waals surface area (Å²) in [6.45, 7) is 3.81. The number of hydrogen-bond acceptors (Lipinski definition) is 7. The van der Waals surface area contributed by atoms with Crippen molar-refractivity contribution in [2.75, 3.05) is 24.4 Å². The van der Waals surface area contributed by atoms with E-state index in [9.17, 15) is 9.35 Å². The summed E-state index contributed by atoms with van der Waals surface area (Å²) in [7, 11) is 0. The van der Waals surface area contributed by atoms with Gasteiger partial charge in [0.15, 0.2) is 5.84 Å². The molecule has 1 aromatic heterocycles. The van der Waals surface area contributed by atoms with Crippen molar-refractivity contribution in [2.24, 2.45) is 16.0 Å². The molecule has 1 saturated heterocycles. The van der Waals surface area contributed by atoms with E-state index in [-0.39, 0.29) is 17.7 Å². The van der Waals surface area contributed by atoms with E-state index in [1.807, 2.05) is 42.2 Å². The topological polar surface area (TPSA) is 116 Å². The largest absolute Gasteiger partial charge is 0.566 e. The van der Waals surface area contributed by atoms with Gasteiger partial charge < -0.3 is 19.9 Å². The van der Waals surface area contributed by atoms with E-state index in [2.05, 4.69) is 14.1 Å². The summed E-state index contributed by atoms with van der Waals surface area (Å²) in [4.78, 5) is 19.7. The molecule has 1 amide bonds.